The number of rotatable bonds is 13. The Morgan fingerprint density at radius 3 is 2.07 bits per heavy atom. The van der Waals surface area contributed by atoms with E-state index in [2.05, 4.69) is 16.0 Å². The quantitative estimate of drug-likeness (QED) is 0.0799. The van der Waals surface area contributed by atoms with E-state index in [1.165, 1.54) is 0 Å². The molecular weight excluding hydrogens is 759 g/mol. The third-order valence-corrected chi connectivity index (χ3v) is 9.78. The van der Waals surface area contributed by atoms with Crippen molar-refractivity contribution in [3.63, 3.8) is 0 Å². The van der Waals surface area contributed by atoms with Gasteiger partial charge in [-0.1, -0.05) is 109 Å². The van der Waals surface area contributed by atoms with Crippen molar-refractivity contribution < 1.29 is 32.3 Å². The van der Waals surface area contributed by atoms with E-state index in [9.17, 15) is 27.6 Å². The zero-order chi connectivity index (χ0) is 39.5. The minimum atomic E-state index is -4.63. The number of amides is 3. The Morgan fingerprint density at radius 1 is 0.732 bits per heavy atom. The Bertz CT molecular complexity index is 2330. The first-order chi connectivity index (χ1) is 27.0. The number of thioether (sulfide) groups is 1. The van der Waals surface area contributed by atoms with E-state index in [0.717, 1.165) is 35.5 Å². The van der Waals surface area contributed by atoms with Gasteiger partial charge in [0.2, 0.25) is 5.91 Å². The number of nitrogens with one attached hydrogen (secondary N) is 3. The SMILES string of the molecule is O=C(Nc1cccc(SC(C(=O)Nc2cc(C(F)(F)F)ccc2Cl)c2ccccc2)c1)/C(=C\c1ccc(OCc2ccccc2)cc1)NC(=O)c1ccccc1. The van der Waals surface area contributed by atoms with Crippen molar-refractivity contribution in [2.45, 2.75) is 22.9 Å². The van der Waals surface area contributed by atoms with E-state index in [1.54, 1.807) is 115 Å². The summed E-state index contributed by atoms with van der Waals surface area (Å²) in [6, 6.07) is 43.4. The van der Waals surface area contributed by atoms with Crippen LogP contribution in [0.4, 0.5) is 24.5 Å². The molecule has 56 heavy (non-hydrogen) atoms. The molecule has 0 heterocycles. The summed E-state index contributed by atoms with van der Waals surface area (Å²) in [5.41, 5.74) is 1.76. The summed E-state index contributed by atoms with van der Waals surface area (Å²) < 4.78 is 46.2. The molecule has 0 radical (unpaired) electrons. The molecule has 282 valence electrons. The summed E-state index contributed by atoms with van der Waals surface area (Å²) in [7, 11) is 0. The number of carbonyl (C=O) groups excluding carboxylic acids is 3. The lowest BCUT2D eigenvalue weighted by Gasteiger charge is -2.19. The van der Waals surface area contributed by atoms with Crippen LogP contribution in [0.3, 0.4) is 0 Å². The fraction of sp³-hybridized carbons (Fsp3) is 0.0682. The predicted molar refractivity (Wildman–Crippen MR) is 214 cm³/mol. The molecule has 0 aliphatic carbocycles. The second-order valence-electron chi connectivity index (χ2n) is 12.3. The Hall–Kier alpha value is -6.30. The Kier molecular flexibility index (Phi) is 12.9. The monoisotopic (exact) mass is 791 g/mol. The number of anilines is 2. The normalized spacial score (nSPS) is 12.0. The highest BCUT2D eigenvalue weighted by Gasteiger charge is 2.32. The first kappa shape index (κ1) is 39.4. The van der Waals surface area contributed by atoms with Gasteiger partial charge in [0.15, 0.2) is 0 Å². The van der Waals surface area contributed by atoms with Gasteiger partial charge in [-0.05, 0) is 83.4 Å². The zero-order valence-corrected chi connectivity index (χ0v) is 31.0. The van der Waals surface area contributed by atoms with Crippen LogP contribution in [0, 0.1) is 0 Å². The van der Waals surface area contributed by atoms with Crippen LogP contribution >= 0.6 is 23.4 Å². The summed E-state index contributed by atoms with van der Waals surface area (Å²) in [4.78, 5) is 41.3. The fourth-order valence-corrected chi connectivity index (χ4v) is 6.64. The Morgan fingerprint density at radius 2 is 1.39 bits per heavy atom. The summed E-state index contributed by atoms with van der Waals surface area (Å²) >= 11 is 7.31. The maximum Gasteiger partial charge on any atom is 0.416 e. The van der Waals surface area contributed by atoms with Crippen LogP contribution in [0.2, 0.25) is 5.02 Å². The zero-order valence-electron chi connectivity index (χ0n) is 29.4. The van der Waals surface area contributed by atoms with Crippen molar-refractivity contribution in [2.75, 3.05) is 10.6 Å². The van der Waals surface area contributed by atoms with Gasteiger partial charge in [-0.3, -0.25) is 14.4 Å². The molecule has 6 aromatic rings. The van der Waals surface area contributed by atoms with E-state index in [0.29, 0.717) is 39.6 Å². The van der Waals surface area contributed by atoms with Gasteiger partial charge in [-0.25, -0.2) is 0 Å². The molecule has 3 amide bonds. The van der Waals surface area contributed by atoms with Crippen LogP contribution in [0.5, 0.6) is 5.75 Å². The standard InChI is InChI=1S/C44H33ClF3N3O4S/c45-37-24-21-33(44(46,47)48)26-38(37)50-43(54)40(31-13-6-2-7-14-31)56-36-18-10-17-34(27-36)49-42(53)39(51-41(52)32-15-8-3-9-16-32)25-29-19-22-35(23-20-29)55-28-30-11-4-1-5-12-30/h1-27,40H,28H2,(H,49,53)(H,50,54)(H,51,52)/b39-25+. The van der Waals surface area contributed by atoms with Gasteiger partial charge in [0.1, 0.15) is 23.3 Å². The molecule has 6 aromatic carbocycles. The highest BCUT2D eigenvalue weighted by Crippen LogP contribution is 2.39. The van der Waals surface area contributed by atoms with Crippen LogP contribution in [0.15, 0.2) is 168 Å². The number of ether oxygens (including phenoxy) is 1. The lowest BCUT2D eigenvalue weighted by atomic mass is 10.1. The van der Waals surface area contributed by atoms with Crippen molar-refractivity contribution in [2.24, 2.45) is 0 Å². The lowest BCUT2D eigenvalue weighted by Crippen LogP contribution is -2.30. The van der Waals surface area contributed by atoms with Gasteiger partial charge in [0, 0.05) is 16.1 Å². The summed E-state index contributed by atoms with van der Waals surface area (Å²) in [6.45, 7) is 0.384. The Labute approximate surface area is 330 Å². The molecule has 1 unspecified atom stereocenters. The molecule has 0 saturated carbocycles. The van der Waals surface area contributed by atoms with Crippen LogP contribution in [0.1, 0.15) is 37.9 Å². The maximum atomic E-state index is 13.8. The smallest absolute Gasteiger partial charge is 0.416 e. The highest BCUT2D eigenvalue weighted by molar-refractivity contribution is 8.00. The molecule has 6 rings (SSSR count). The minimum absolute atomic E-state index is 0.0330. The third-order valence-electron chi connectivity index (χ3n) is 8.21. The van der Waals surface area contributed by atoms with Crippen molar-refractivity contribution in [1.29, 1.82) is 0 Å². The van der Waals surface area contributed by atoms with Gasteiger partial charge in [-0.15, -0.1) is 11.8 Å². The van der Waals surface area contributed by atoms with E-state index in [1.807, 2.05) is 30.3 Å². The second-order valence-corrected chi connectivity index (χ2v) is 13.9. The van der Waals surface area contributed by atoms with Crippen LogP contribution in [0.25, 0.3) is 6.08 Å². The molecule has 0 spiro atoms. The molecular formula is C44H33ClF3N3O4S. The topological polar surface area (TPSA) is 96.5 Å². The molecule has 0 bridgehead atoms. The largest absolute Gasteiger partial charge is 0.489 e. The molecule has 7 nitrogen and oxygen atoms in total. The Balaban J connectivity index is 1.21. The molecule has 12 heteroatoms. The van der Waals surface area contributed by atoms with Crippen molar-refractivity contribution in [3.8, 4) is 5.75 Å². The predicted octanol–water partition coefficient (Wildman–Crippen LogP) is 10.8. The molecule has 0 aromatic heterocycles. The van der Waals surface area contributed by atoms with Gasteiger partial charge >= 0.3 is 6.18 Å². The number of hydrogen-bond donors (Lipinski definition) is 3. The molecule has 0 aliphatic rings. The summed E-state index contributed by atoms with van der Waals surface area (Å²) in [5.74, 6) is -1.09. The van der Waals surface area contributed by atoms with E-state index >= 15 is 0 Å². The van der Waals surface area contributed by atoms with Crippen molar-refractivity contribution in [1.82, 2.24) is 5.32 Å². The first-order valence-electron chi connectivity index (χ1n) is 17.2. The fourth-order valence-electron chi connectivity index (χ4n) is 5.39. The number of alkyl halides is 3. The number of halogens is 4. The highest BCUT2D eigenvalue weighted by atomic mass is 35.5. The first-order valence-corrected chi connectivity index (χ1v) is 18.4. The third kappa shape index (κ3) is 10.9. The average Bonchev–Trinajstić information content (AvgIpc) is 3.21. The molecule has 0 saturated heterocycles. The van der Waals surface area contributed by atoms with Crippen LogP contribution < -0.4 is 20.7 Å². The number of benzene rings is 6. The van der Waals surface area contributed by atoms with E-state index < -0.39 is 34.7 Å². The molecule has 0 aliphatic heterocycles. The molecule has 0 fully saturated rings. The van der Waals surface area contributed by atoms with Gasteiger partial charge in [0.25, 0.3) is 11.8 Å². The van der Waals surface area contributed by atoms with Gasteiger partial charge < -0.3 is 20.7 Å². The van der Waals surface area contributed by atoms with Gasteiger partial charge in [0.05, 0.1) is 16.3 Å². The molecule has 3 N–H and O–H groups in total. The lowest BCUT2D eigenvalue weighted by molar-refractivity contribution is -0.137. The number of hydrogen-bond acceptors (Lipinski definition) is 5. The van der Waals surface area contributed by atoms with Gasteiger partial charge in [-0.2, -0.15) is 13.2 Å². The van der Waals surface area contributed by atoms with Crippen LogP contribution in [-0.4, -0.2) is 17.7 Å². The average molecular weight is 792 g/mol. The second kappa shape index (κ2) is 18.4. The van der Waals surface area contributed by atoms with E-state index in [-0.39, 0.29) is 16.4 Å². The molecule has 1 atom stereocenters. The summed E-state index contributed by atoms with van der Waals surface area (Å²) in [5, 5.41) is 7.15. The van der Waals surface area contributed by atoms with Crippen molar-refractivity contribution >= 4 is 58.5 Å². The summed E-state index contributed by atoms with van der Waals surface area (Å²) in [6.07, 6.45) is -3.09. The minimum Gasteiger partial charge on any atom is -0.489 e. The van der Waals surface area contributed by atoms with E-state index in [4.69, 9.17) is 16.3 Å². The number of carbonyl (C=O) groups is 3. The van der Waals surface area contributed by atoms with Crippen LogP contribution in [-0.2, 0) is 22.4 Å². The van der Waals surface area contributed by atoms with Crippen molar-refractivity contribution in [3.05, 3.63) is 196 Å². The maximum absolute atomic E-state index is 13.8.